The van der Waals surface area contributed by atoms with E-state index in [1.807, 2.05) is 18.2 Å². The Balaban J connectivity index is 2.06. The summed E-state index contributed by atoms with van der Waals surface area (Å²) < 4.78 is 24.1. The predicted octanol–water partition coefficient (Wildman–Crippen LogP) is 2.62. The molecule has 0 bridgehead atoms. The molecule has 3 nitrogen and oxygen atoms in total. The first-order chi connectivity index (χ1) is 7.54. The lowest BCUT2D eigenvalue weighted by Crippen LogP contribution is -2.24. The fourth-order valence-electron chi connectivity index (χ4n) is 1.47. The first-order valence-corrected chi connectivity index (χ1v) is 5.37. The second kappa shape index (κ2) is 4.20. The smallest absolute Gasteiger partial charge is 0.163 e. The van der Waals surface area contributed by atoms with Gasteiger partial charge in [0, 0.05) is 18.3 Å². The number of fused-ring (bicyclic) bond motifs is 1. The summed E-state index contributed by atoms with van der Waals surface area (Å²) in [6.07, 6.45) is 0. The van der Waals surface area contributed by atoms with Gasteiger partial charge in [-0.05, 0) is 26.0 Å². The van der Waals surface area contributed by atoms with Crippen LogP contribution >= 0.6 is 0 Å². The van der Waals surface area contributed by atoms with Gasteiger partial charge in [0.15, 0.2) is 11.5 Å². The van der Waals surface area contributed by atoms with E-state index in [2.05, 4.69) is 5.32 Å². The van der Waals surface area contributed by atoms with Gasteiger partial charge in [-0.2, -0.15) is 0 Å². The molecule has 0 spiro atoms. The van der Waals surface area contributed by atoms with E-state index in [1.54, 1.807) is 0 Å². The zero-order valence-electron chi connectivity index (χ0n) is 9.55. The molecule has 0 saturated heterocycles. The van der Waals surface area contributed by atoms with Gasteiger partial charge < -0.3 is 14.8 Å². The molecule has 0 saturated carbocycles. The predicted molar refractivity (Wildman–Crippen MR) is 61.1 cm³/mol. The van der Waals surface area contributed by atoms with Crippen molar-refractivity contribution in [2.45, 2.75) is 19.5 Å². The maximum absolute atomic E-state index is 13.3. The molecule has 0 unspecified atom stereocenters. The van der Waals surface area contributed by atoms with Crippen LogP contribution in [0.1, 0.15) is 13.8 Å². The van der Waals surface area contributed by atoms with Crippen molar-refractivity contribution < 1.29 is 13.9 Å². The van der Waals surface area contributed by atoms with E-state index < -0.39 is 5.67 Å². The highest BCUT2D eigenvalue weighted by Crippen LogP contribution is 2.32. The van der Waals surface area contributed by atoms with Crippen molar-refractivity contribution in [3.05, 3.63) is 18.2 Å². The normalized spacial score (nSPS) is 14.7. The van der Waals surface area contributed by atoms with Crippen LogP contribution in [0.5, 0.6) is 11.5 Å². The van der Waals surface area contributed by atoms with Crippen LogP contribution in [-0.4, -0.2) is 25.4 Å². The first-order valence-electron chi connectivity index (χ1n) is 5.37. The van der Waals surface area contributed by atoms with Crippen LogP contribution < -0.4 is 14.8 Å². The standard InChI is InChI=1S/C12H16FNO2/c1-12(2,13)8-14-9-3-4-10-11(7-9)16-6-5-15-10/h3-4,7,14H,5-6,8H2,1-2H3. The molecule has 0 amide bonds. The molecule has 0 aromatic heterocycles. The topological polar surface area (TPSA) is 30.5 Å². The van der Waals surface area contributed by atoms with E-state index in [4.69, 9.17) is 9.47 Å². The molecule has 1 N–H and O–H groups in total. The largest absolute Gasteiger partial charge is 0.486 e. The Morgan fingerprint density at radius 3 is 2.62 bits per heavy atom. The Morgan fingerprint density at radius 1 is 1.25 bits per heavy atom. The minimum Gasteiger partial charge on any atom is -0.486 e. The second-order valence-corrected chi connectivity index (χ2v) is 4.43. The van der Waals surface area contributed by atoms with Gasteiger partial charge in [-0.25, -0.2) is 4.39 Å². The van der Waals surface area contributed by atoms with Gasteiger partial charge in [0.25, 0.3) is 0 Å². The lowest BCUT2D eigenvalue weighted by Gasteiger charge is -2.20. The lowest BCUT2D eigenvalue weighted by molar-refractivity contribution is 0.171. The number of anilines is 1. The number of hydrogen-bond donors (Lipinski definition) is 1. The molecule has 88 valence electrons. The fraction of sp³-hybridized carbons (Fsp3) is 0.500. The minimum atomic E-state index is -1.23. The van der Waals surface area contributed by atoms with Gasteiger partial charge in [-0.3, -0.25) is 0 Å². The summed E-state index contributed by atoms with van der Waals surface area (Å²) in [7, 11) is 0. The van der Waals surface area contributed by atoms with Crippen molar-refractivity contribution in [3.63, 3.8) is 0 Å². The van der Waals surface area contributed by atoms with E-state index in [9.17, 15) is 4.39 Å². The third-order valence-electron chi connectivity index (χ3n) is 2.26. The molecule has 1 aliphatic heterocycles. The molecule has 1 aromatic carbocycles. The molecule has 0 atom stereocenters. The monoisotopic (exact) mass is 225 g/mol. The van der Waals surface area contributed by atoms with Gasteiger partial charge >= 0.3 is 0 Å². The lowest BCUT2D eigenvalue weighted by atomic mass is 10.1. The van der Waals surface area contributed by atoms with Crippen LogP contribution in [-0.2, 0) is 0 Å². The number of nitrogens with one attached hydrogen (secondary N) is 1. The third kappa shape index (κ3) is 2.78. The maximum atomic E-state index is 13.3. The highest BCUT2D eigenvalue weighted by atomic mass is 19.1. The second-order valence-electron chi connectivity index (χ2n) is 4.43. The summed E-state index contributed by atoms with van der Waals surface area (Å²) >= 11 is 0. The molecule has 1 heterocycles. The summed E-state index contributed by atoms with van der Waals surface area (Å²) in [5.41, 5.74) is -0.386. The van der Waals surface area contributed by atoms with E-state index in [1.165, 1.54) is 13.8 Å². The average molecular weight is 225 g/mol. The Kier molecular flexibility index (Phi) is 2.90. The van der Waals surface area contributed by atoms with Gasteiger partial charge in [0.05, 0.1) is 0 Å². The summed E-state index contributed by atoms with van der Waals surface area (Å²) in [5, 5.41) is 3.02. The van der Waals surface area contributed by atoms with Crippen LogP contribution in [0.4, 0.5) is 10.1 Å². The van der Waals surface area contributed by atoms with E-state index >= 15 is 0 Å². The number of alkyl halides is 1. The zero-order valence-corrected chi connectivity index (χ0v) is 9.55. The Bertz CT molecular complexity index is 374. The number of benzene rings is 1. The molecular formula is C12H16FNO2. The number of rotatable bonds is 3. The van der Waals surface area contributed by atoms with Crippen LogP contribution in [0.15, 0.2) is 18.2 Å². The van der Waals surface area contributed by atoms with Crippen molar-refractivity contribution in [2.24, 2.45) is 0 Å². The highest BCUT2D eigenvalue weighted by molar-refractivity contribution is 5.55. The van der Waals surface area contributed by atoms with E-state index in [-0.39, 0.29) is 6.54 Å². The number of halogens is 1. The van der Waals surface area contributed by atoms with Crippen molar-refractivity contribution in [1.29, 1.82) is 0 Å². The van der Waals surface area contributed by atoms with Gasteiger partial charge in [0.2, 0.25) is 0 Å². The molecule has 2 rings (SSSR count). The fourth-order valence-corrected chi connectivity index (χ4v) is 1.47. The quantitative estimate of drug-likeness (QED) is 0.857. The van der Waals surface area contributed by atoms with Crippen molar-refractivity contribution in [1.82, 2.24) is 0 Å². The molecule has 4 heteroatoms. The van der Waals surface area contributed by atoms with Crippen molar-refractivity contribution >= 4 is 5.69 Å². The molecular weight excluding hydrogens is 209 g/mol. The molecule has 1 aliphatic rings. The van der Waals surface area contributed by atoms with Crippen LogP contribution in [0.25, 0.3) is 0 Å². The van der Waals surface area contributed by atoms with Gasteiger partial charge in [-0.15, -0.1) is 0 Å². The third-order valence-corrected chi connectivity index (χ3v) is 2.26. The Morgan fingerprint density at radius 2 is 1.94 bits per heavy atom. The minimum absolute atomic E-state index is 0.270. The maximum Gasteiger partial charge on any atom is 0.163 e. The highest BCUT2D eigenvalue weighted by Gasteiger charge is 2.16. The average Bonchev–Trinajstić information content (AvgIpc) is 2.25. The SMILES string of the molecule is CC(C)(F)CNc1ccc2c(c1)OCCO2. The first kappa shape index (κ1) is 11.0. The van der Waals surface area contributed by atoms with Gasteiger partial charge in [0.1, 0.15) is 18.9 Å². The Labute approximate surface area is 94.6 Å². The van der Waals surface area contributed by atoms with Crippen LogP contribution in [0.3, 0.4) is 0 Å². The molecule has 1 aromatic rings. The molecule has 16 heavy (non-hydrogen) atoms. The summed E-state index contributed by atoms with van der Waals surface area (Å²) in [4.78, 5) is 0. The van der Waals surface area contributed by atoms with Gasteiger partial charge in [-0.1, -0.05) is 0 Å². The van der Waals surface area contributed by atoms with Crippen LogP contribution in [0, 0.1) is 0 Å². The van der Waals surface area contributed by atoms with E-state index in [0.29, 0.717) is 19.0 Å². The van der Waals surface area contributed by atoms with E-state index in [0.717, 1.165) is 11.4 Å². The van der Waals surface area contributed by atoms with Crippen LogP contribution in [0.2, 0.25) is 0 Å². The zero-order chi connectivity index (χ0) is 11.6. The van der Waals surface area contributed by atoms with Crippen molar-refractivity contribution in [2.75, 3.05) is 25.1 Å². The number of ether oxygens (including phenoxy) is 2. The summed E-state index contributed by atoms with van der Waals surface area (Å²) in [5.74, 6) is 1.46. The number of hydrogen-bond acceptors (Lipinski definition) is 3. The molecule has 0 radical (unpaired) electrons. The molecule has 0 fully saturated rings. The molecule has 0 aliphatic carbocycles. The summed E-state index contributed by atoms with van der Waals surface area (Å²) in [6, 6.07) is 5.53. The van der Waals surface area contributed by atoms with Crippen molar-refractivity contribution in [3.8, 4) is 11.5 Å². The summed E-state index contributed by atoms with van der Waals surface area (Å²) in [6.45, 7) is 4.49. The Hall–Kier alpha value is -1.45.